The van der Waals surface area contributed by atoms with E-state index >= 15 is 0 Å². The summed E-state index contributed by atoms with van der Waals surface area (Å²) >= 11 is 9.05. The summed E-state index contributed by atoms with van der Waals surface area (Å²) in [6, 6.07) is 4.99. The monoisotopic (exact) mass is 391 g/mol. The minimum absolute atomic E-state index is 0.204. The number of halogens is 2. The van der Waals surface area contributed by atoms with Crippen LogP contribution in [0.5, 0.6) is 0 Å². The van der Waals surface area contributed by atoms with E-state index in [9.17, 15) is 8.42 Å². The minimum atomic E-state index is -3.60. The molecule has 21 heavy (non-hydrogen) atoms. The number of aryl methyl sites for hydroxylation is 1. The van der Waals surface area contributed by atoms with Crippen molar-refractivity contribution in [2.45, 2.75) is 17.3 Å². The first-order valence-electron chi connectivity index (χ1n) is 6.13. The van der Waals surface area contributed by atoms with Crippen molar-refractivity contribution in [2.75, 3.05) is 7.05 Å². The van der Waals surface area contributed by atoms with Crippen molar-refractivity contribution in [3.05, 3.63) is 46.5 Å². The number of rotatable bonds is 5. The molecule has 0 aliphatic rings. The molecular weight excluding hydrogens is 378 g/mol. The minimum Gasteiger partial charge on any atom is -0.337 e. The standard InChI is InChI=1S/C13H15BrClN3O2S/c1-17-6-5-16-13(17)9-18(2)21(19,20)12-4-3-10(8-15)7-11(12)14/h3-7H,8-9H2,1-2H3. The molecule has 0 N–H and O–H groups in total. The lowest BCUT2D eigenvalue weighted by atomic mass is 10.2. The molecule has 2 aromatic rings. The van der Waals surface area contributed by atoms with Gasteiger partial charge >= 0.3 is 0 Å². The number of imidazole rings is 1. The third-order valence-electron chi connectivity index (χ3n) is 3.12. The number of sulfonamides is 1. The molecule has 0 bridgehead atoms. The molecule has 2 rings (SSSR count). The summed E-state index contributed by atoms with van der Waals surface area (Å²) in [5.41, 5.74) is 0.856. The number of aromatic nitrogens is 2. The predicted octanol–water partition coefficient (Wildman–Crippen LogP) is 2.74. The smallest absolute Gasteiger partial charge is 0.244 e. The molecule has 1 heterocycles. The SMILES string of the molecule is CN(Cc1nccn1C)S(=O)(=O)c1ccc(CCl)cc1Br. The van der Waals surface area contributed by atoms with Gasteiger partial charge in [-0.1, -0.05) is 6.07 Å². The van der Waals surface area contributed by atoms with E-state index in [4.69, 9.17) is 11.6 Å². The van der Waals surface area contributed by atoms with Crippen LogP contribution in [0.2, 0.25) is 0 Å². The summed E-state index contributed by atoms with van der Waals surface area (Å²) in [4.78, 5) is 4.36. The number of benzene rings is 1. The second-order valence-corrected chi connectivity index (χ2v) is 7.75. The first-order valence-corrected chi connectivity index (χ1v) is 8.90. The molecule has 0 spiro atoms. The van der Waals surface area contributed by atoms with Gasteiger partial charge in [0, 0.05) is 36.8 Å². The van der Waals surface area contributed by atoms with E-state index in [0.29, 0.717) is 16.2 Å². The Kier molecular flexibility index (Phi) is 5.08. The van der Waals surface area contributed by atoms with Crippen molar-refractivity contribution < 1.29 is 8.42 Å². The summed E-state index contributed by atoms with van der Waals surface area (Å²) in [7, 11) is -0.236. The Morgan fingerprint density at radius 1 is 1.43 bits per heavy atom. The number of nitrogens with zero attached hydrogens (tertiary/aromatic N) is 3. The molecular formula is C13H15BrClN3O2S. The molecule has 0 unspecified atom stereocenters. The van der Waals surface area contributed by atoms with Gasteiger partial charge in [-0.05, 0) is 33.6 Å². The van der Waals surface area contributed by atoms with E-state index in [2.05, 4.69) is 20.9 Å². The van der Waals surface area contributed by atoms with Gasteiger partial charge in [0.25, 0.3) is 0 Å². The Morgan fingerprint density at radius 3 is 2.67 bits per heavy atom. The first-order chi connectivity index (χ1) is 9.86. The van der Waals surface area contributed by atoms with Crippen molar-refractivity contribution in [3.63, 3.8) is 0 Å². The van der Waals surface area contributed by atoms with Crippen LogP contribution in [-0.4, -0.2) is 29.3 Å². The van der Waals surface area contributed by atoms with E-state index in [0.717, 1.165) is 5.56 Å². The van der Waals surface area contributed by atoms with Gasteiger partial charge < -0.3 is 4.57 Å². The Bertz CT molecular complexity index is 746. The number of hydrogen-bond acceptors (Lipinski definition) is 3. The summed E-state index contributed by atoms with van der Waals surface area (Å²) in [6.45, 7) is 0.204. The molecule has 0 radical (unpaired) electrons. The van der Waals surface area contributed by atoms with Crippen LogP contribution in [-0.2, 0) is 29.5 Å². The Labute approximate surface area is 137 Å². The highest BCUT2D eigenvalue weighted by atomic mass is 79.9. The maximum absolute atomic E-state index is 12.6. The lowest BCUT2D eigenvalue weighted by Gasteiger charge is -2.18. The van der Waals surface area contributed by atoms with Crippen LogP contribution in [0, 0.1) is 0 Å². The van der Waals surface area contributed by atoms with Gasteiger partial charge in [-0.15, -0.1) is 11.6 Å². The summed E-state index contributed by atoms with van der Waals surface area (Å²) < 4.78 is 28.8. The van der Waals surface area contributed by atoms with Gasteiger partial charge in [-0.2, -0.15) is 4.31 Å². The summed E-state index contributed by atoms with van der Waals surface area (Å²) in [5, 5.41) is 0. The molecule has 1 aromatic heterocycles. The van der Waals surface area contributed by atoms with Gasteiger partial charge in [0.05, 0.1) is 11.4 Å². The predicted molar refractivity (Wildman–Crippen MR) is 85.6 cm³/mol. The van der Waals surface area contributed by atoms with Crippen LogP contribution in [0.4, 0.5) is 0 Å². The molecule has 5 nitrogen and oxygen atoms in total. The Morgan fingerprint density at radius 2 is 2.14 bits per heavy atom. The number of hydrogen-bond donors (Lipinski definition) is 0. The fourth-order valence-electron chi connectivity index (χ4n) is 1.84. The highest BCUT2D eigenvalue weighted by molar-refractivity contribution is 9.10. The molecule has 0 saturated heterocycles. The molecule has 0 atom stereocenters. The largest absolute Gasteiger partial charge is 0.337 e. The van der Waals surface area contributed by atoms with Crippen LogP contribution in [0.25, 0.3) is 0 Å². The van der Waals surface area contributed by atoms with Gasteiger partial charge in [-0.3, -0.25) is 0 Å². The molecule has 0 aliphatic heterocycles. The van der Waals surface area contributed by atoms with Gasteiger partial charge in [0.15, 0.2) is 0 Å². The van der Waals surface area contributed by atoms with Crippen LogP contribution in [0.3, 0.4) is 0 Å². The Balaban J connectivity index is 2.31. The maximum Gasteiger partial charge on any atom is 0.244 e. The van der Waals surface area contributed by atoms with Crippen LogP contribution >= 0.6 is 27.5 Å². The molecule has 1 aromatic carbocycles. The molecule has 0 saturated carbocycles. The van der Waals surface area contributed by atoms with Crippen molar-refractivity contribution in [1.29, 1.82) is 0 Å². The zero-order valence-electron chi connectivity index (χ0n) is 11.6. The molecule has 0 amide bonds. The van der Waals surface area contributed by atoms with Crippen LogP contribution in [0.1, 0.15) is 11.4 Å². The maximum atomic E-state index is 12.6. The molecule has 114 valence electrons. The van der Waals surface area contributed by atoms with Crippen molar-refractivity contribution in [1.82, 2.24) is 13.9 Å². The van der Waals surface area contributed by atoms with Gasteiger partial charge in [0.1, 0.15) is 5.82 Å². The van der Waals surface area contributed by atoms with Gasteiger partial charge in [-0.25, -0.2) is 13.4 Å². The third kappa shape index (κ3) is 3.48. The second-order valence-electron chi connectivity index (χ2n) is 4.61. The fraction of sp³-hybridized carbons (Fsp3) is 0.308. The van der Waals surface area contributed by atoms with Crippen molar-refractivity contribution in [2.24, 2.45) is 7.05 Å². The zero-order chi connectivity index (χ0) is 15.6. The van der Waals surface area contributed by atoms with Crippen LogP contribution in [0.15, 0.2) is 40.0 Å². The molecule has 0 aliphatic carbocycles. The van der Waals surface area contributed by atoms with E-state index in [-0.39, 0.29) is 11.4 Å². The van der Waals surface area contributed by atoms with Crippen LogP contribution < -0.4 is 0 Å². The Hall–Kier alpha value is -0.890. The topological polar surface area (TPSA) is 55.2 Å². The average Bonchev–Trinajstić information content (AvgIpc) is 2.83. The van der Waals surface area contributed by atoms with E-state index < -0.39 is 10.0 Å². The highest BCUT2D eigenvalue weighted by Crippen LogP contribution is 2.26. The second kappa shape index (κ2) is 6.48. The molecule has 0 fully saturated rings. The van der Waals surface area contributed by atoms with Crippen molar-refractivity contribution in [3.8, 4) is 0 Å². The van der Waals surface area contributed by atoms with Crippen molar-refractivity contribution >= 4 is 37.6 Å². The molecule has 8 heteroatoms. The highest BCUT2D eigenvalue weighted by Gasteiger charge is 2.24. The lowest BCUT2D eigenvalue weighted by Crippen LogP contribution is -2.28. The zero-order valence-corrected chi connectivity index (χ0v) is 14.8. The van der Waals surface area contributed by atoms with Gasteiger partial charge in [0.2, 0.25) is 10.0 Å². The third-order valence-corrected chi connectivity index (χ3v) is 6.21. The summed E-state index contributed by atoms with van der Waals surface area (Å²) in [6.07, 6.45) is 3.42. The quantitative estimate of drug-likeness (QED) is 0.735. The van der Waals surface area contributed by atoms with E-state index in [1.807, 2.05) is 7.05 Å². The average molecular weight is 393 g/mol. The van der Waals surface area contributed by atoms with E-state index in [1.54, 1.807) is 35.2 Å². The number of alkyl halides is 1. The first kappa shape index (κ1) is 16.5. The fourth-order valence-corrected chi connectivity index (χ4v) is 4.21. The van der Waals surface area contributed by atoms with E-state index in [1.165, 1.54) is 11.4 Å². The summed E-state index contributed by atoms with van der Waals surface area (Å²) in [5.74, 6) is 1.01. The normalized spacial score (nSPS) is 12.0. The lowest BCUT2D eigenvalue weighted by molar-refractivity contribution is 0.451.